The van der Waals surface area contributed by atoms with Crippen molar-refractivity contribution in [3.05, 3.63) is 23.8 Å². The van der Waals surface area contributed by atoms with E-state index in [1.807, 2.05) is 37.4 Å². The number of nitrogens with one attached hydrogen (secondary N) is 1. The van der Waals surface area contributed by atoms with Gasteiger partial charge in [-0.15, -0.1) is 0 Å². The number of nitrogens with zero attached hydrogens (tertiary/aromatic N) is 5. The minimum atomic E-state index is -0.480. The summed E-state index contributed by atoms with van der Waals surface area (Å²) in [6, 6.07) is 6.21. The van der Waals surface area contributed by atoms with Crippen LogP contribution in [-0.4, -0.2) is 82.0 Å². The number of fused-ring (bicyclic) bond motifs is 1. The molecular formula is C28H40N6O4. The number of anilines is 1. The summed E-state index contributed by atoms with van der Waals surface area (Å²) in [6.07, 6.45) is 5.44. The van der Waals surface area contributed by atoms with Gasteiger partial charge in [0.15, 0.2) is 5.82 Å². The number of benzene rings is 1. The van der Waals surface area contributed by atoms with Crippen LogP contribution in [0, 0.1) is 0 Å². The zero-order valence-corrected chi connectivity index (χ0v) is 23.0. The molecule has 4 amide bonds. The average molecular weight is 525 g/mol. The van der Waals surface area contributed by atoms with E-state index >= 15 is 0 Å². The lowest BCUT2D eigenvalue weighted by Crippen LogP contribution is -2.51. The van der Waals surface area contributed by atoms with Crippen molar-refractivity contribution in [3.63, 3.8) is 0 Å². The summed E-state index contributed by atoms with van der Waals surface area (Å²) in [5.74, 6) is 0.801. The minimum Gasteiger partial charge on any atom is -0.444 e. The number of hydrogen-bond donors (Lipinski definition) is 1. The number of aryl methyl sites for hydroxylation is 1. The molecule has 3 fully saturated rings. The lowest BCUT2D eigenvalue weighted by molar-refractivity contribution is -0.120. The molecule has 3 aliphatic rings. The third-order valence-electron chi connectivity index (χ3n) is 7.95. The zero-order chi connectivity index (χ0) is 27.0. The van der Waals surface area contributed by atoms with Gasteiger partial charge in [0, 0.05) is 44.5 Å². The first-order valence-corrected chi connectivity index (χ1v) is 13.9. The van der Waals surface area contributed by atoms with Crippen molar-refractivity contribution >= 4 is 34.8 Å². The Morgan fingerprint density at radius 1 is 1.08 bits per heavy atom. The fourth-order valence-electron chi connectivity index (χ4n) is 5.97. The van der Waals surface area contributed by atoms with E-state index in [4.69, 9.17) is 4.74 Å². The summed E-state index contributed by atoms with van der Waals surface area (Å²) in [7, 11) is 1.89. The number of urea groups is 1. The molecule has 0 saturated carbocycles. The van der Waals surface area contributed by atoms with Crippen molar-refractivity contribution in [3.8, 4) is 0 Å². The standard InChI is InChI=1S/C28H40N6O4/c1-28(2,3)38-27(37)33-13-6-5-7-21(33)18-32-14-10-19(11-15-32)20-8-9-22-23(17-20)31(4)30-25(22)34-16-12-24(35)29-26(34)36/h8-9,17,19,21H,5-7,10-16,18H2,1-4H3,(H,29,35,36). The molecule has 1 unspecified atom stereocenters. The summed E-state index contributed by atoms with van der Waals surface area (Å²) in [4.78, 5) is 42.7. The number of ether oxygens (including phenoxy) is 1. The van der Waals surface area contributed by atoms with E-state index in [0.29, 0.717) is 18.3 Å². The van der Waals surface area contributed by atoms with Gasteiger partial charge in [-0.1, -0.05) is 6.07 Å². The Morgan fingerprint density at radius 3 is 2.55 bits per heavy atom. The Bertz CT molecular complexity index is 1210. The van der Waals surface area contributed by atoms with Gasteiger partial charge in [-0.2, -0.15) is 5.10 Å². The summed E-state index contributed by atoms with van der Waals surface area (Å²) in [5, 5.41) is 7.91. The number of aromatic nitrogens is 2. The maximum Gasteiger partial charge on any atom is 0.410 e. The number of rotatable bonds is 4. The molecule has 1 N–H and O–H groups in total. The van der Waals surface area contributed by atoms with Gasteiger partial charge in [-0.25, -0.2) is 9.59 Å². The SMILES string of the molecule is Cn1nc(N2CCC(=O)NC2=O)c2ccc(C3CCN(CC4CCCCN4C(=O)OC(C)(C)C)CC3)cc21. The molecule has 38 heavy (non-hydrogen) atoms. The van der Waals surface area contributed by atoms with Gasteiger partial charge >= 0.3 is 12.1 Å². The van der Waals surface area contributed by atoms with Crippen molar-refractivity contribution in [2.24, 2.45) is 7.05 Å². The summed E-state index contributed by atoms with van der Waals surface area (Å²) in [6.45, 7) is 9.78. The van der Waals surface area contributed by atoms with Crippen molar-refractivity contribution < 1.29 is 19.1 Å². The van der Waals surface area contributed by atoms with Gasteiger partial charge in [0.1, 0.15) is 5.60 Å². The van der Waals surface area contributed by atoms with Crippen LogP contribution in [0.25, 0.3) is 10.9 Å². The van der Waals surface area contributed by atoms with Crippen molar-refractivity contribution in [1.29, 1.82) is 0 Å². The van der Waals surface area contributed by atoms with Gasteiger partial charge in [0.25, 0.3) is 0 Å². The second kappa shape index (κ2) is 10.6. The average Bonchev–Trinajstić information content (AvgIpc) is 3.19. The topological polar surface area (TPSA) is 100 Å². The maximum atomic E-state index is 12.8. The number of amides is 4. The minimum absolute atomic E-state index is 0.186. The number of imide groups is 1. The van der Waals surface area contributed by atoms with Gasteiger partial charge in [-0.3, -0.25) is 19.7 Å². The smallest absolute Gasteiger partial charge is 0.410 e. The molecule has 0 aliphatic carbocycles. The Kier molecular flexibility index (Phi) is 7.35. The predicted molar refractivity (Wildman–Crippen MR) is 145 cm³/mol. The molecule has 206 valence electrons. The normalized spacial score (nSPS) is 22.2. The molecule has 2 aromatic rings. The number of carbonyl (C=O) groups is 3. The molecule has 4 heterocycles. The van der Waals surface area contributed by atoms with Crippen LogP contribution < -0.4 is 10.2 Å². The van der Waals surface area contributed by atoms with Crippen LogP contribution in [0.1, 0.15) is 70.8 Å². The second-order valence-corrected chi connectivity index (χ2v) is 11.9. The molecule has 0 spiro atoms. The van der Waals surface area contributed by atoms with E-state index < -0.39 is 11.6 Å². The highest BCUT2D eigenvalue weighted by Crippen LogP contribution is 2.34. The van der Waals surface area contributed by atoms with Gasteiger partial charge in [0.2, 0.25) is 5.91 Å². The van der Waals surface area contributed by atoms with Gasteiger partial charge < -0.3 is 14.5 Å². The summed E-state index contributed by atoms with van der Waals surface area (Å²) in [5.41, 5.74) is 1.80. The molecular weight excluding hydrogens is 484 g/mol. The fraction of sp³-hybridized carbons (Fsp3) is 0.643. The van der Waals surface area contributed by atoms with Crippen LogP contribution in [0.4, 0.5) is 15.4 Å². The number of likely N-dealkylation sites (tertiary alicyclic amines) is 2. The lowest BCUT2D eigenvalue weighted by atomic mass is 9.88. The molecule has 0 bridgehead atoms. The summed E-state index contributed by atoms with van der Waals surface area (Å²) < 4.78 is 7.51. The predicted octanol–water partition coefficient (Wildman–Crippen LogP) is 3.99. The molecule has 1 aromatic heterocycles. The third-order valence-corrected chi connectivity index (χ3v) is 7.95. The zero-order valence-electron chi connectivity index (χ0n) is 23.0. The van der Waals surface area contributed by atoms with Crippen LogP contribution in [0.3, 0.4) is 0 Å². The third kappa shape index (κ3) is 5.65. The van der Waals surface area contributed by atoms with Crippen molar-refractivity contribution in [2.45, 2.75) is 76.9 Å². The summed E-state index contributed by atoms with van der Waals surface area (Å²) >= 11 is 0. The number of hydrogen-bond acceptors (Lipinski definition) is 6. The Balaban J connectivity index is 1.22. The molecule has 3 saturated heterocycles. The van der Waals surface area contributed by atoms with Crippen LogP contribution in [0.15, 0.2) is 18.2 Å². The molecule has 5 rings (SSSR count). The van der Waals surface area contributed by atoms with Crippen molar-refractivity contribution in [2.75, 3.05) is 37.6 Å². The second-order valence-electron chi connectivity index (χ2n) is 11.9. The van der Waals surface area contributed by atoms with E-state index in [9.17, 15) is 14.4 Å². The quantitative estimate of drug-likeness (QED) is 0.649. The molecule has 10 heteroatoms. The number of carbonyl (C=O) groups excluding carboxylic acids is 3. The first kappa shape index (κ1) is 26.5. The van der Waals surface area contributed by atoms with Crippen LogP contribution in [0.2, 0.25) is 0 Å². The van der Waals surface area contributed by atoms with E-state index in [2.05, 4.69) is 33.5 Å². The Morgan fingerprint density at radius 2 is 1.84 bits per heavy atom. The van der Waals surface area contributed by atoms with Gasteiger partial charge in [-0.05, 0) is 89.6 Å². The van der Waals surface area contributed by atoms with E-state index in [-0.39, 0.29) is 24.5 Å². The molecule has 10 nitrogen and oxygen atoms in total. The van der Waals surface area contributed by atoms with E-state index in [1.54, 1.807) is 4.90 Å². The highest BCUT2D eigenvalue weighted by Gasteiger charge is 2.33. The maximum absolute atomic E-state index is 12.8. The highest BCUT2D eigenvalue weighted by molar-refractivity contribution is 6.08. The Labute approximate surface area is 224 Å². The molecule has 1 atom stereocenters. The van der Waals surface area contributed by atoms with E-state index in [0.717, 1.165) is 69.2 Å². The monoisotopic (exact) mass is 524 g/mol. The first-order valence-electron chi connectivity index (χ1n) is 13.9. The highest BCUT2D eigenvalue weighted by atomic mass is 16.6. The lowest BCUT2D eigenvalue weighted by Gasteiger charge is -2.41. The van der Waals surface area contributed by atoms with Crippen LogP contribution in [-0.2, 0) is 16.6 Å². The molecule has 1 aromatic carbocycles. The van der Waals surface area contributed by atoms with Gasteiger partial charge in [0.05, 0.1) is 5.52 Å². The Hall–Kier alpha value is -3.14. The first-order chi connectivity index (χ1) is 18.1. The van der Waals surface area contributed by atoms with E-state index in [1.165, 1.54) is 5.56 Å². The fourth-order valence-corrected chi connectivity index (χ4v) is 5.97. The van der Waals surface area contributed by atoms with Crippen LogP contribution >= 0.6 is 0 Å². The number of piperidine rings is 2. The molecule has 0 radical (unpaired) electrons. The molecule has 3 aliphatic heterocycles. The van der Waals surface area contributed by atoms with Crippen molar-refractivity contribution in [1.82, 2.24) is 24.9 Å². The largest absolute Gasteiger partial charge is 0.444 e. The van der Waals surface area contributed by atoms with Crippen LogP contribution in [0.5, 0.6) is 0 Å².